The maximum Gasteiger partial charge on any atom is 0.246 e. The number of hydrogen-bond acceptors (Lipinski definition) is 3. The third kappa shape index (κ3) is 3.63. The summed E-state index contributed by atoms with van der Waals surface area (Å²) < 4.78 is 5.80. The van der Waals surface area contributed by atoms with Gasteiger partial charge in [-0.05, 0) is 31.7 Å². The molecule has 2 aliphatic heterocycles. The minimum Gasteiger partial charge on any atom is -0.363 e. The highest BCUT2D eigenvalue weighted by Crippen LogP contribution is 2.27. The first kappa shape index (κ1) is 14.5. The Hall–Kier alpha value is -1.39. The highest BCUT2D eigenvalue weighted by Gasteiger charge is 2.38. The molecule has 0 saturated carbocycles. The number of morpholine rings is 1. The molecule has 0 unspecified atom stereocenters. The lowest BCUT2D eigenvalue weighted by atomic mass is 9.90. The summed E-state index contributed by atoms with van der Waals surface area (Å²) >= 11 is 0. The molecule has 2 saturated heterocycles. The first-order valence-electron chi connectivity index (χ1n) is 7.84. The van der Waals surface area contributed by atoms with E-state index in [1.165, 1.54) is 11.1 Å². The Morgan fingerprint density at radius 2 is 1.95 bits per heavy atom. The van der Waals surface area contributed by atoms with Gasteiger partial charge in [-0.1, -0.05) is 29.8 Å². The van der Waals surface area contributed by atoms with Gasteiger partial charge in [0.1, 0.15) is 6.61 Å². The van der Waals surface area contributed by atoms with E-state index in [-0.39, 0.29) is 18.1 Å². The van der Waals surface area contributed by atoms with E-state index in [0.29, 0.717) is 6.54 Å². The second-order valence-electron chi connectivity index (χ2n) is 6.33. The van der Waals surface area contributed by atoms with Crippen molar-refractivity contribution in [1.29, 1.82) is 0 Å². The summed E-state index contributed by atoms with van der Waals surface area (Å²) in [5, 5.41) is 2.94. The Kier molecular flexibility index (Phi) is 4.27. The highest BCUT2D eigenvalue weighted by atomic mass is 16.5. The number of ether oxygens (including phenoxy) is 1. The van der Waals surface area contributed by atoms with E-state index in [1.54, 1.807) is 0 Å². The summed E-state index contributed by atoms with van der Waals surface area (Å²) in [7, 11) is 0. The number of carbonyl (C=O) groups is 1. The number of benzene rings is 1. The van der Waals surface area contributed by atoms with Crippen LogP contribution < -0.4 is 5.32 Å². The average molecular weight is 288 g/mol. The van der Waals surface area contributed by atoms with E-state index >= 15 is 0 Å². The van der Waals surface area contributed by atoms with Crippen LogP contribution in [0.15, 0.2) is 24.3 Å². The van der Waals surface area contributed by atoms with Crippen molar-refractivity contribution < 1.29 is 9.53 Å². The predicted molar refractivity (Wildman–Crippen MR) is 82.2 cm³/mol. The molecule has 2 heterocycles. The molecule has 114 valence electrons. The van der Waals surface area contributed by atoms with Gasteiger partial charge in [-0.25, -0.2) is 0 Å². The Bertz CT molecular complexity index is 478. The summed E-state index contributed by atoms with van der Waals surface area (Å²) in [5.41, 5.74) is 2.62. The predicted octanol–water partition coefficient (Wildman–Crippen LogP) is 1.52. The molecular formula is C17H24N2O2. The third-order valence-corrected chi connectivity index (χ3v) is 4.72. The molecule has 2 fully saturated rings. The summed E-state index contributed by atoms with van der Waals surface area (Å²) in [6, 6.07) is 8.80. The zero-order valence-corrected chi connectivity index (χ0v) is 12.7. The number of nitrogens with one attached hydrogen (secondary N) is 1. The molecule has 4 nitrogen and oxygen atoms in total. The first-order valence-corrected chi connectivity index (χ1v) is 7.84. The molecule has 4 heteroatoms. The number of carbonyl (C=O) groups excluding carboxylic acids is 1. The lowest BCUT2D eigenvalue weighted by Crippen LogP contribution is -2.57. The zero-order chi connectivity index (χ0) is 14.7. The quantitative estimate of drug-likeness (QED) is 0.917. The van der Waals surface area contributed by atoms with Crippen LogP contribution in [0.3, 0.4) is 0 Å². The van der Waals surface area contributed by atoms with Crippen molar-refractivity contribution >= 4 is 5.91 Å². The molecule has 1 amide bonds. The van der Waals surface area contributed by atoms with Gasteiger partial charge in [-0.2, -0.15) is 0 Å². The fraction of sp³-hybridized carbons (Fsp3) is 0.588. The molecule has 1 aromatic carbocycles. The van der Waals surface area contributed by atoms with Gasteiger partial charge >= 0.3 is 0 Å². The number of likely N-dealkylation sites (tertiary alicyclic amines) is 1. The second kappa shape index (κ2) is 6.16. The topological polar surface area (TPSA) is 41.6 Å². The van der Waals surface area contributed by atoms with Crippen LogP contribution >= 0.6 is 0 Å². The van der Waals surface area contributed by atoms with Crippen molar-refractivity contribution in [2.45, 2.75) is 31.8 Å². The van der Waals surface area contributed by atoms with Gasteiger partial charge in [-0.3, -0.25) is 4.79 Å². The molecule has 0 atom stereocenters. The maximum atomic E-state index is 11.2. The van der Waals surface area contributed by atoms with Crippen LogP contribution in [0.2, 0.25) is 0 Å². The van der Waals surface area contributed by atoms with Crippen molar-refractivity contribution in [2.24, 2.45) is 0 Å². The van der Waals surface area contributed by atoms with Crippen LogP contribution in [0.1, 0.15) is 24.0 Å². The third-order valence-electron chi connectivity index (χ3n) is 4.72. The Balaban J connectivity index is 1.45. The lowest BCUT2D eigenvalue weighted by Gasteiger charge is -2.43. The monoisotopic (exact) mass is 288 g/mol. The van der Waals surface area contributed by atoms with E-state index in [0.717, 1.165) is 38.9 Å². The van der Waals surface area contributed by atoms with Crippen LogP contribution in [-0.4, -0.2) is 49.2 Å². The first-order chi connectivity index (χ1) is 10.2. The molecule has 1 spiro atoms. The number of rotatable bonds is 3. The average Bonchev–Trinajstić information content (AvgIpc) is 2.52. The molecule has 2 aliphatic rings. The number of amides is 1. The summed E-state index contributed by atoms with van der Waals surface area (Å²) in [5.74, 6) is 0.0161. The molecule has 1 aromatic rings. The number of aryl methyl sites for hydroxylation is 1. The minimum atomic E-state index is -0.103. The van der Waals surface area contributed by atoms with Crippen LogP contribution in [0.25, 0.3) is 0 Å². The standard InChI is InChI=1S/C17H24N2O2/c1-14-2-4-15(5-3-14)6-9-19-10-7-17(8-11-19)13-18-16(20)12-21-17/h2-5H,6-13H2,1H3,(H,18,20). The number of nitrogens with zero attached hydrogens (tertiary/aromatic N) is 1. The molecular weight excluding hydrogens is 264 g/mol. The molecule has 3 rings (SSSR count). The number of piperidine rings is 1. The van der Waals surface area contributed by atoms with Gasteiger partial charge in [-0.15, -0.1) is 0 Å². The minimum absolute atomic E-state index is 0.0161. The maximum absolute atomic E-state index is 11.2. The largest absolute Gasteiger partial charge is 0.363 e. The summed E-state index contributed by atoms with van der Waals surface area (Å²) in [6.07, 6.45) is 3.13. The SMILES string of the molecule is Cc1ccc(CCN2CCC3(CC2)CNC(=O)CO3)cc1. The van der Waals surface area contributed by atoms with Gasteiger partial charge in [0.25, 0.3) is 0 Å². The van der Waals surface area contributed by atoms with Gasteiger partial charge in [0.2, 0.25) is 5.91 Å². The Morgan fingerprint density at radius 3 is 2.57 bits per heavy atom. The molecule has 0 bridgehead atoms. The van der Waals surface area contributed by atoms with Crippen LogP contribution in [-0.2, 0) is 16.0 Å². The molecule has 0 aliphatic carbocycles. The Morgan fingerprint density at radius 1 is 1.24 bits per heavy atom. The fourth-order valence-corrected chi connectivity index (χ4v) is 3.13. The van der Waals surface area contributed by atoms with E-state index in [1.807, 2.05) is 0 Å². The highest BCUT2D eigenvalue weighted by molar-refractivity contribution is 5.78. The van der Waals surface area contributed by atoms with Crippen LogP contribution in [0.5, 0.6) is 0 Å². The van der Waals surface area contributed by atoms with Crippen molar-refractivity contribution in [3.8, 4) is 0 Å². The van der Waals surface area contributed by atoms with Crippen molar-refractivity contribution in [2.75, 3.05) is 32.8 Å². The molecule has 0 aromatic heterocycles. The van der Waals surface area contributed by atoms with Gasteiger partial charge in [0.05, 0.1) is 5.60 Å². The van der Waals surface area contributed by atoms with Crippen molar-refractivity contribution in [1.82, 2.24) is 10.2 Å². The summed E-state index contributed by atoms with van der Waals surface area (Å²) in [6.45, 7) is 6.24. The van der Waals surface area contributed by atoms with E-state index < -0.39 is 0 Å². The number of hydrogen-bond donors (Lipinski definition) is 1. The second-order valence-corrected chi connectivity index (χ2v) is 6.33. The fourth-order valence-electron chi connectivity index (χ4n) is 3.13. The summed E-state index contributed by atoms with van der Waals surface area (Å²) in [4.78, 5) is 13.7. The smallest absolute Gasteiger partial charge is 0.246 e. The molecule has 0 radical (unpaired) electrons. The van der Waals surface area contributed by atoms with E-state index in [4.69, 9.17) is 4.74 Å². The normalized spacial score (nSPS) is 22.2. The Labute approximate surface area is 126 Å². The van der Waals surface area contributed by atoms with Crippen molar-refractivity contribution in [3.05, 3.63) is 35.4 Å². The van der Waals surface area contributed by atoms with Crippen LogP contribution in [0, 0.1) is 6.92 Å². The van der Waals surface area contributed by atoms with Gasteiger partial charge in [0, 0.05) is 26.2 Å². The van der Waals surface area contributed by atoms with Gasteiger partial charge in [0.15, 0.2) is 0 Å². The van der Waals surface area contributed by atoms with Crippen LogP contribution in [0.4, 0.5) is 0 Å². The lowest BCUT2D eigenvalue weighted by molar-refractivity contribution is -0.150. The van der Waals surface area contributed by atoms with Crippen molar-refractivity contribution in [3.63, 3.8) is 0 Å². The molecule has 1 N–H and O–H groups in total. The van der Waals surface area contributed by atoms with E-state index in [2.05, 4.69) is 41.4 Å². The zero-order valence-electron chi connectivity index (χ0n) is 12.7. The van der Waals surface area contributed by atoms with Gasteiger partial charge < -0.3 is 15.0 Å². The molecule has 21 heavy (non-hydrogen) atoms. The van der Waals surface area contributed by atoms with E-state index in [9.17, 15) is 4.79 Å².